The summed E-state index contributed by atoms with van der Waals surface area (Å²) in [6, 6.07) is 4.09. The number of likely N-dealkylation sites (tertiary alicyclic amines) is 1. The van der Waals surface area contributed by atoms with Gasteiger partial charge in [-0.15, -0.1) is 0 Å². The maximum Gasteiger partial charge on any atom is 0.180 e. The molecule has 1 aromatic rings. The van der Waals surface area contributed by atoms with Gasteiger partial charge in [0.25, 0.3) is 0 Å². The molecule has 0 amide bonds. The number of carbonyl (C=O) groups excluding carboxylic acids is 1. The summed E-state index contributed by atoms with van der Waals surface area (Å²) in [5.74, 6) is -0.270. The van der Waals surface area contributed by atoms with Crippen LogP contribution in [0.15, 0.2) is 18.2 Å². The molecule has 4 heteroatoms. The molecule has 0 aromatic heterocycles. The third-order valence-electron chi connectivity index (χ3n) is 3.10. The zero-order chi connectivity index (χ0) is 12.3. The summed E-state index contributed by atoms with van der Waals surface area (Å²) in [5, 5.41) is 18.8. The Hall–Kier alpha value is -1.55. The average Bonchev–Trinajstić information content (AvgIpc) is 2.30. The van der Waals surface area contributed by atoms with Crippen LogP contribution in [-0.2, 0) is 0 Å². The van der Waals surface area contributed by atoms with Gasteiger partial charge >= 0.3 is 0 Å². The van der Waals surface area contributed by atoms with Gasteiger partial charge in [-0.1, -0.05) is 6.42 Å². The molecule has 4 nitrogen and oxygen atoms in total. The minimum Gasteiger partial charge on any atom is -0.508 e. The predicted molar refractivity (Wildman–Crippen MR) is 64.4 cm³/mol. The number of aromatic hydroxyl groups is 2. The summed E-state index contributed by atoms with van der Waals surface area (Å²) in [6.45, 7) is 2.24. The van der Waals surface area contributed by atoms with E-state index in [1.54, 1.807) is 0 Å². The van der Waals surface area contributed by atoms with Gasteiger partial charge in [-0.2, -0.15) is 0 Å². The third-order valence-corrected chi connectivity index (χ3v) is 3.10. The highest BCUT2D eigenvalue weighted by Gasteiger charge is 2.17. The Morgan fingerprint density at radius 1 is 1.18 bits per heavy atom. The Balaban J connectivity index is 2.03. The van der Waals surface area contributed by atoms with Crippen molar-refractivity contribution >= 4 is 5.78 Å². The van der Waals surface area contributed by atoms with Crippen LogP contribution < -0.4 is 0 Å². The molecule has 1 saturated heterocycles. The number of hydrogen-bond acceptors (Lipinski definition) is 4. The molecule has 1 fully saturated rings. The minimum atomic E-state index is -0.146. The first-order chi connectivity index (χ1) is 8.16. The summed E-state index contributed by atoms with van der Waals surface area (Å²) in [7, 11) is 0. The van der Waals surface area contributed by atoms with Crippen LogP contribution in [0.2, 0.25) is 0 Å². The van der Waals surface area contributed by atoms with Crippen molar-refractivity contribution in [1.82, 2.24) is 4.90 Å². The van der Waals surface area contributed by atoms with Crippen LogP contribution in [0, 0.1) is 0 Å². The third kappa shape index (κ3) is 2.97. The molecule has 0 unspecified atom stereocenters. The van der Waals surface area contributed by atoms with Crippen LogP contribution >= 0.6 is 0 Å². The highest BCUT2D eigenvalue weighted by atomic mass is 16.3. The normalized spacial score (nSPS) is 16.9. The minimum absolute atomic E-state index is 0.0305. The molecule has 2 rings (SSSR count). The van der Waals surface area contributed by atoms with Gasteiger partial charge in [0.1, 0.15) is 11.5 Å². The van der Waals surface area contributed by atoms with Crippen molar-refractivity contribution in [2.45, 2.75) is 19.3 Å². The number of piperidine rings is 1. The molecule has 0 radical (unpaired) electrons. The number of benzene rings is 1. The number of Topliss-reactive ketones (excluding diaryl/α,β-unsaturated/α-hetero) is 1. The van der Waals surface area contributed by atoms with E-state index < -0.39 is 0 Å². The molecular formula is C13H17NO3. The molecule has 0 aliphatic carbocycles. The van der Waals surface area contributed by atoms with Gasteiger partial charge in [-0.3, -0.25) is 9.69 Å². The van der Waals surface area contributed by atoms with Crippen LogP contribution in [-0.4, -0.2) is 40.5 Å². The average molecular weight is 235 g/mol. The van der Waals surface area contributed by atoms with Gasteiger partial charge in [-0.05, 0) is 38.1 Å². The van der Waals surface area contributed by atoms with Crippen molar-refractivity contribution in [1.29, 1.82) is 0 Å². The maximum absolute atomic E-state index is 12.0. The SMILES string of the molecule is O=C(CN1CCCCC1)c1ccc(O)cc1O. The van der Waals surface area contributed by atoms with Crippen molar-refractivity contribution in [3.8, 4) is 11.5 Å². The van der Waals surface area contributed by atoms with E-state index in [4.69, 9.17) is 5.11 Å². The smallest absolute Gasteiger partial charge is 0.180 e. The van der Waals surface area contributed by atoms with E-state index in [9.17, 15) is 9.90 Å². The topological polar surface area (TPSA) is 60.8 Å². The van der Waals surface area contributed by atoms with Gasteiger partial charge in [0.05, 0.1) is 12.1 Å². The molecule has 0 saturated carbocycles. The summed E-state index contributed by atoms with van der Waals surface area (Å²) in [6.07, 6.45) is 3.50. The number of phenolic OH excluding ortho intramolecular Hbond substituents is 2. The number of rotatable bonds is 3. The van der Waals surface area contributed by atoms with Crippen LogP contribution in [0.5, 0.6) is 11.5 Å². The summed E-state index contributed by atoms with van der Waals surface area (Å²) >= 11 is 0. The van der Waals surface area contributed by atoms with E-state index in [1.165, 1.54) is 24.6 Å². The van der Waals surface area contributed by atoms with Crippen molar-refractivity contribution in [3.63, 3.8) is 0 Å². The fourth-order valence-electron chi connectivity index (χ4n) is 2.16. The fraction of sp³-hybridized carbons (Fsp3) is 0.462. The summed E-state index contributed by atoms with van der Waals surface area (Å²) in [4.78, 5) is 14.1. The highest BCUT2D eigenvalue weighted by Crippen LogP contribution is 2.23. The monoisotopic (exact) mass is 235 g/mol. The van der Waals surface area contributed by atoms with Crippen molar-refractivity contribution in [3.05, 3.63) is 23.8 Å². The van der Waals surface area contributed by atoms with Crippen LogP contribution in [0.1, 0.15) is 29.6 Å². The molecule has 17 heavy (non-hydrogen) atoms. The molecule has 0 bridgehead atoms. The van der Waals surface area contributed by atoms with Gasteiger partial charge in [0.2, 0.25) is 0 Å². The van der Waals surface area contributed by atoms with Gasteiger partial charge in [0, 0.05) is 6.07 Å². The first kappa shape index (κ1) is 11.9. The Bertz CT molecular complexity index is 411. The standard InChI is InChI=1S/C13H17NO3/c15-10-4-5-11(12(16)8-10)13(17)9-14-6-2-1-3-7-14/h4-5,8,15-16H,1-3,6-7,9H2. The van der Waals surface area contributed by atoms with E-state index in [0.29, 0.717) is 6.54 Å². The van der Waals surface area contributed by atoms with E-state index >= 15 is 0 Å². The molecule has 1 aliphatic rings. The number of ketones is 1. The number of phenols is 2. The van der Waals surface area contributed by atoms with E-state index in [2.05, 4.69) is 4.90 Å². The number of hydrogen-bond donors (Lipinski definition) is 2. The predicted octanol–water partition coefficient (Wildman–Crippen LogP) is 1.77. The Morgan fingerprint density at radius 2 is 1.88 bits per heavy atom. The maximum atomic E-state index is 12.0. The Kier molecular flexibility index (Phi) is 3.64. The zero-order valence-corrected chi connectivity index (χ0v) is 9.72. The molecular weight excluding hydrogens is 218 g/mol. The van der Waals surface area contributed by atoms with Gasteiger partial charge in [-0.25, -0.2) is 0 Å². The lowest BCUT2D eigenvalue weighted by molar-refractivity contribution is 0.0913. The fourth-order valence-corrected chi connectivity index (χ4v) is 2.16. The van der Waals surface area contributed by atoms with E-state index in [1.807, 2.05) is 0 Å². The second-order valence-corrected chi connectivity index (χ2v) is 4.46. The van der Waals surface area contributed by atoms with Crippen molar-refractivity contribution < 1.29 is 15.0 Å². The summed E-state index contributed by atoms with van der Waals surface area (Å²) in [5.41, 5.74) is 0.286. The molecule has 0 atom stereocenters. The zero-order valence-electron chi connectivity index (χ0n) is 9.72. The molecule has 92 valence electrons. The first-order valence-electron chi connectivity index (χ1n) is 5.94. The Labute approximate surface area is 100 Å². The van der Waals surface area contributed by atoms with Crippen LogP contribution in [0.25, 0.3) is 0 Å². The lowest BCUT2D eigenvalue weighted by Crippen LogP contribution is -2.34. The summed E-state index contributed by atoms with van der Waals surface area (Å²) < 4.78 is 0. The molecule has 1 aromatic carbocycles. The van der Waals surface area contributed by atoms with Gasteiger partial charge in [0.15, 0.2) is 5.78 Å². The highest BCUT2D eigenvalue weighted by molar-refractivity contribution is 6.00. The molecule has 1 aliphatic heterocycles. The van der Waals surface area contributed by atoms with Gasteiger partial charge < -0.3 is 10.2 Å². The molecule has 2 N–H and O–H groups in total. The second-order valence-electron chi connectivity index (χ2n) is 4.46. The van der Waals surface area contributed by atoms with E-state index in [-0.39, 0.29) is 22.8 Å². The van der Waals surface area contributed by atoms with Crippen molar-refractivity contribution in [2.24, 2.45) is 0 Å². The number of nitrogens with zero attached hydrogens (tertiary/aromatic N) is 1. The molecule has 0 spiro atoms. The largest absolute Gasteiger partial charge is 0.508 e. The lowest BCUT2D eigenvalue weighted by atomic mass is 10.1. The lowest BCUT2D eigenvalue weighted by Gasteiger charge is -2.25. The second kappa shape index (κ2) is 5.19. The van der Waals surface area contributed by atoms with Crippen molar-refractivity contribution in [2.75, 3.05) is 19.6 Å². The Morgan fingerprint density at radius 3 is 2.53 bits per heavy atom. The quantitative estimate of drug-likeness (QED) is 0.784. The molecule has 1 heterocycles. The van der Waals surface area contributed by atoms with Crippen LogP contribution in [0.3, 0.4) is 0 Å². The van der Waals surface area contributed by atoms with Crippen LogP contribution in [0.4, 0.5) is 0 Å². The first-order valence-corrected chi connectivity index (χ1v) is 5.94. The van der Waals surface area contributed by atoms with E-state index in [0.717, 1.165) is 25.9 Å². The number of carbonyl (C=O) groups is 1.